The molecule has 0 aliphatic carbocycles. The van der Waals surface area contributed by atoms with E-state index in [0.29, 0.717) is 6.42 Å². The average molecular weight is 238 g/mol. The molecule has 0 fully saturated rings. The van der Waals surface area contributed by atoms with E-state index in [4.69, 9.17) is 5.11 Å². The zero-order chi connectivity index (χ0) is 13.2. The second-order valence-corrected chi connectivity index (χ2v) is 5.41. The van der Waals surface area contributed by atoms with Gasteiger partial charge in [0.1, 0.15) is 5.82 Å². The molecule has 0 heterocycles. The van der Waals surface area contributed by atoms with Crippen molar-refractivity contribution in [3.63, 3.8) is 0 Å². The number of benzene rings is 1. The lowest BCUT2D eigenvalue weighted by Crippen LogP contribution is -2.26. The summed E-state index contributed by atoms with van der Waals surface area (Å²) >= 11 is 0. The fraction of sp³-hybridized carbons (Fsp3) is 0.500. The van der Waals surface area contributed by atoms with Crippen molar-refractivity contribution in [2.45, 2.75) is 40.0 Å². The zero-order valence-corrected chi connectivity index (χ0v) is 10.7. The van der Waals surface area contributed by atoms with Gasteiger partial charge in [-0.25, -0.2) is 4.39 Å². The molecule has 1 rings (SSSR count). The molecule has 0 spiro atoms. The fourth-order valence-corrected chi connectivity index (χ4v) is 1.70. The lowest BCUT2D eigenvalue weighted by atomic mass is 9.85. The Morgan fingerprint density at radius 3 is 2.41 bits per heavy atom. The predicted molar refractivity (Wildman–Crippen MR) is 65.6 cm³/mol. The summed E-state index contributed by atoms with van der Waals surface area (Å²) in [5, 5.41) is 9.06. The van der Waals surface area contributed by atoms with Gasteiger partial charge in [-0.3, -0.25) is 4.79 Å². The fourth-order valence-electron chi connectivity index (χ4n) is 1.70. The van der Waals surface area contributed by atoms with Crippen LogP contribution in [0.25, 0.3) is 0 Å². The van der Waals surface area contributed by atoms with Gasteiger partial charge in [0.05, 0.1) is 5.41 Å². The molecule has 2 nitrogen and oxygen atoms in total. The van der Waals surface area contributed by atoms with Crippen LogP contribution in [0, 0.1) is 11.2 Å². The first-order chi connectivity index (χ1) is 7.72. The quantitative estimate of drug-likeness (QED) is 0.870. The van der Waals surface area contributed by atoms with Crippen LogP contribution in [0.1, 0.15) is 44.7 Å². The minimum atomic E-state index is -0.873. The molecular formula is C14H19FO2. The topological polar surface area (TPSA) is 37.3 Å². The van der Waals surface area contributed by atoms with E-state index in [2.05, 4.69) is 0 Å². The maximum atomic E-state index is 13.4. The molecule has 1 aromatic carbocycles. The third-order valence-corrected chi connectivity index (χ3v) is 2.87. The van der Waals surface area contributed by atoms with Gasteiger partial charge in [0, 0.05) is 0 Å². The van der Waals surface area contributed by atoms with Crippen LogP contribution in [0.3, 0.4) is 0 Å². The Hall–Kier alpha value is -1.38. The van der Waals surface area contributed by atoms with E-state index in [-0.39, 0.29) is 11.7 Å². The molecule has 0 amide bonds. The highest BCUT2D eigenvalue weighted by molar-refractivity contribution is 5.74. The van der Waals surface area contributed by atoms with Gasteiger partial charge in [-0.05, 0) is 49.4 Å². The Morgan fingerprint density at radius 1 is 1.35 bits per heavy atom. The minimum absolute atomic E-state index is 0.234. The Morgan fingerprint density at radius 2 is 1.94 bits per heavy atom. The van der Waals surface area contributed by atoms with E-state index >= 15 is 0 Å². The molecule has 1 aromatic rings. The number of rotatable bonds is 4. The third kappa shape index (κ3) is 3.55. The summed E-state index contributed by atoms with van der Waals surface area (Å²) in [6.45, 7) is 7.27. The van der Waals surface area contributed by atoms with Crippen molar-refractivity contribution in [2.24, 2.45) is 5.41 Å². The van der Waals surface area contributed by atoms with E-state index in [9.17, 15) is 9.18 Å². The van der Waals surface area contributed by atoms with Crippen molar-refractivity contribution in [1.29, 1.82) is 0 Å². The van der Waals surface area contributed by atoms with Gasteiger partial charge < -0.3 is 5.11 Å². The number of hydrogen-bond acceptors (Lipinski definition) is 1. The Balaban J connectivity index is 3.03. The third-order valence-electron chi connectivity index (χ3n) is 2.87. The summed E-state index contributed by atoms with van der Waals surface area (Å²) in [4.78, 5) is 11.0. The molecule has 0 bridgehead atoms. The first-order valence-corrected chi connectivity index (χ1v) is 5.75. The van der Waals surface area contributed by atoms with Crippen LogP contribution in [0.4, 0.5) is 4.39 Å². The zero-order valence-electron chi connectivity index (χ0n) is 10.7. The van der Waals surface area contributed by atoms with E-state index in [1.165, 1.54) is 12.1 Å². The molecule has 0 aromatic heterocycles. The highest BCUT2D eigenvalue weighted by Gasteiger charge is 2.27. The molecule has 0 saturated heterocycles. The monoisotopic (exact) mass is 238 g/mol. The van der Waals surface area contributed by atoms with Crippen LogP contribution in [0.2, 0.25) is 0 Å². The molecule has 3 heteroatoms. The maximum absolute atomic E-state index is 13.4. The van der Waals surface area contributed by atoms with E-state index in [0.717, 1.165) is 11.1 Å². The van der Waals surface area contributed by atoms with Crippen LogP contribution in [-0.2, 0) is 11.2 Å². The van der Waals surface area contributed by atoms with Crippen molar-refractivity contribution in [1.82, 2.24) is 0 Å². The molecule has 0 radical (unpaired) electrons. The largest absolute Gasteiger partial charge is 0.481 e. The molecule has 94 valence electrons. The van der Waals surface area contributed by atoms with E-state index in [1.54, 1.807) is 13.8 Å². The summed E-state index contributed by atoms with van der Waals surface area (Å²) in [5.41, 5.74) is 0.768. The normalized spacial score (nSPS) is 11.9. The van der Waals surface area contributed by atoms with Gasteiger partial charge in [0.25, 0.3) is 0 Å². The summed E-state index contributed by atoms with van der Waals surface area (Å²) in [6.07, 6.45) is 0.333. The number of carboxylic acids is 1. The lowest BCUT2D eigenvalue weighted by molar-refractivity contribution is -0.146. The molecule has 0 saturated carbocycles. The number of carbonyl (C=O) groups is 1. The summed E-state index contributed by atoms with van der Waals surface area (Å²) in [6, 6.07) is 4.80. The van der Waals surface area contributed by atoms with E-state index < -0.39 is 11.4 Å². The van der Waals surface area contributed by atoms with Gasteiger partial charge >= 0.3 is 5.97 Å². The van der Waals surface area contributed by atoms with Crippen molar-refractivity contribution in [3.05, 3.63) is 35.1 Å². The summed E-state index contributed by atoms with van der Waals surface area (Å²) in [5.74, 6) is -0.933. The first-order valence-electron chi connectivity index (χ1n) is 5.75. The van der Waals surface area contributed by atoms with Gasteiger partial charge in [0.15, 0.2) is 0 Å². The molecular weight excluding hydrogens is 219 g/mol. The lowest BCUT2D eigenvalue weighted by Gasteiger charge is -2.20. The highest BCUT2D eigenvalue weighted by atomic mass is 19.1. The molecule has 0 atom stereocenters. The Labute approximate surface area is 101 Å². The van der Waals surface area contributed by atoms with Crippen molar-refractivity contribution < 1.29 is 14.3 Å². The molecule has 0 aliphatic heterocycles. The number of aliphatic carboxylic acids is 1. The number of hydrogen-bond donors (Lipinski definition) is 1. The highest BCUT2D eigenvalue weighted by Crippen LogP contribution is 2.25. The van der Waals surface area contributed by atoms with Crippen molar-refractivity contribution in [3.8, 4) is 0 Å². The summed E-state index contributed by atoms with van der Waals surface area (Å²) in [7, 11) is 0. The SMILES string of the molecule is CC(C)c1cc(F)cc(CC(C)(C)C(=O)O)c1. The van der Waals surface area contributed by atoms with Crippen LogP contribution in [-0.4, -0.2) is 11.1 Å². The number of carboxylic acid groups (broad SMARTS) is 1. The number of halogens is 1. The van der Waals surface area contributed by atoms with Crippen LogP contribution < -0.4 is 0 Å². The molecule has 17 heavy (non-hydrogen) atoms. The van der Waals surface area contributed by atoms with Crippen molar-refractivity contribution in [2.75, 3.05) is 0 Å². The van der Waals surface area contributed by atoms with Gasteiger partial charge in [-0.1, -0.05) is 19.9 Å². The van der Waals surface area contributed by atoms with Crippen molar-refractivity contribution >= 4 is 5.97 Å². The van der Waals surface area contributed by atoms with Crippen LogP contribution in [0.15, 0.2) is 18.2 Å². The van der Waals surface area contributed by atoms with Gasteiger partial charge in [-0.15, -0.1) is 0 Å². The molecule has 1 N–H and O–H groups in total. The predicted octanol–water partition coefficient (Wildman–Crippen LogP) is 3.60. The summed E-state index contributed by atoms with van der Waals surface area (Å²) < 4.78 is 13.4. The van der Waals surface area contributed by atoms with E-state index in [1.807, 2.05) is 19.9 Å². The molecule has 0 unspecified atom stereocenters. The van der Waals surface area contributed by atoms with Crippen LogP contribution in [0.5, 0.6) is 0 Å². The Bertz CT molecular complexity index is 422. The van der Waals surface area contributed by atoms with Crippen LogP contribution >= 0.6 is 0 Å². The van der Waals surface area contributed by atoms with Gasteiger partial charge in [0.2, 0.25) is 0 Å². The second kappa shape index (κ2) is 4.86. The second-order valence-electron chi connectivity index (χ2n) is 5.41. The minimum Gasteiger partial charge on any atom is -0.481 e. The van der Waals surface area contributed by atoms with Gasteiger partial charge in [-0.2, -0.15) is 0 Å². The Kier molecular flexibility index (Phi) is 3.91. The standard InChI is InChI=1S/C14H19FO2/c1-9(2)11-5-10(6-12(15)7-11)8-14(3,4)13(16)17/h5-7,9H,8H2,1-4H3,(H,16,17). The molecule has 0 aliphatic rings. The maximum Gasteiger partial charge on any atom is 0.309 e. The average Bonchev–Trinajstić information content (AvgIpc) is 2.15. The smallest absolute Gasteiger partial charge is 0.309 e. The first kappa shape index (κ1) is 13.7.